The Morgan fingerprint density at radius 2 is 2.11 bits per heavy atom. The second-order valence-electron chi connectivity index (χ2n) is 4.48. The number of anilines is 1. The summed E-state index contributed by atoms with van der Waals surface area (Å²) in [7, 11) is 1.53. The standard InChI is InChI=1S/C13H16N2O3/c1-8(13(17)18)15(2)12(16)10-7-14-11-6-4-3-5-9(10)11/h3-6,8,10,14H,7H2,1-2H3,(H,17,18). The third kappa shape index (κ3) is 2.03. The van der Waals surface area contributed by atoms with Crippen LogP contribution in [-0.4, -0.2) is 41.5 Å². The van der Waals surface area contributed by atoms with E-state index in [0.29, 0.717) is 6.54 Å². The molecule has 1 aromatic rings. The summed E-state index contributed by atoms with van der Waals surface area (Å²) < 4.78 is 0. The van der Waals surface area contributed by atoms with Crippen LogP contribution in [0, 0.1) is 0 Å². The van der Waals surface area contributed by atoms with Gasteiger partial charge >= 0.3 is 5.97 Å². The lowest BCUT2D eigenvalue weighted by atomic mass is 9.99. The molecule has 5 nitrogen and oxygen atoms in total. The normalized spacial score (nSPS) is 18.7. The van der Waals surface area contributed by atoms with Crippen LogP contribution in [0.2, 0.25) is 0 Å². The van der Waals surface area contributed by atoms with Crippen LogP contribution in [0.3, 0.4) is 0 Å². The number of nitrogens with one attached hydrogen (secondary N) is 1. The first-order valence-corrected chi connectivity index (χ1v) is 5.84. The van der Waals surface area contributed by atoms with Crippen LogP contribution in [0.15, 0.2) is 24.3 Å². The number of rotatable bonds is 3. The molecule has 0 aromatic heterocycles. The Morgan fingerprint density at radius 3 is 2.78 bits per heavy atom. The largest absolute Gasteiger partial charge is 0.480 e. The molecule has 0 saturated carbocycles. The molecule has 1 aromatic carbocycles. The van der Waals surface area contributed by atoms with Crippen LogP contribution in [0.25, 0.3) is 0 Å². The van der Waals surface area contributed by atoms with Crippen LogP contribution in [0.1, 0.15) is 18.4 Å². The van der Waals surface area contributed by atoms with Crippen LogP contribution in [-0.2, 0) is 9.59 Å². The zero-order valence-electron chi connectivity index (χ0n) is 10.4. The zero-order chi connectivity index (χ0) is 13.3. The van der Waals surface area contributed by atoms with Crippen molar-refractivity contribution in [1.29, 1.82) is 0 Å². The van der Waals surface area contributed by atoms with E-state index in [-0.39, 0.29) is 11.8 Å². The topological polar surface area (TPSA) is 69.6 Å². The molecule has 5 heteroatoms. The van der Waals surface area contributed by atoms with Gasteiger partial charge in [0.05, 0.1) is 5.92 Å². The predicted octanol–water partition coefficient (Wildman–Crippen LogP) is 1.13. The Kier molecular flexibility index (Phi) is 3.23. The molecule has 1 aliphatic rings. The van der Waals surface area contributed by atoms with E-state index in [1.165, 1.54) is 18.9 Å². The summed E-state index contributed by atoms with van der Waals surface area (Å²) in [5, 5.41) is 12.1. The van der Waals surface area contributed by atoms with Gasteiger partial charge in [0, 0.05) is 19.3 Å². The molecular formula is C13H16N2O3. The second kappa shape index (κ2) is 4.68. The van der Waals surface area contributed by atoms with Crippen LogP contribution >= 0.6 is 0 Å². The van der Waals surface area contributed by atoms with Gasteiger partial charge in [-0.1, -0.05) is 18.2 Å². The lowest BCUT2D eigenvalue weighted by Gasteiger charge is -2.24. The van der Waals surface area contributed by atoms with Crippen molar-refractivity contribution in [2.24, 2.45) is 0 Å². The Hall–Kier alpha value is -2.04. The third-order valence-corrected chi connectivity index (χ3v) is 3.42. The third-order valence-electron chi connectivity index (χ3n) is 3.42. The van der Waals surface area contributed by atoms with E-state index in [1.807, 2.05) is 24.3 Å². The van der Waals surface area contributed by atoms with Gasteiger partial charge in [0.25, 0.3) is 0 Å². The molecule has 2 atom stereocenters. The highest BCUT2D eigenvalue weighted by atomic mass is 16.4. The van der Waals surface area contributed by atoms with Crippen molar-refractivity contribution in [2.75, 3.05) is 18.9 Å². The number of carbonyl (C=O) groups is 2. The average molecular weight is 248 g/mol. The molecular weight excluding hydrogens is 232 g/mol. The fraction of sp³-hybridized carbons (Fsp3) is 0.385. The summed E-state index contributed by atoms with van der Waals surface area (Å²) in [5.74, 6) is -1.46. The molecule has 0 spiro atoms. The van der Waals surface area contributed by atoms with Crippen molar-refractivity contribution in [1.82, 2.24) is 4.90 Å². The fourth-order valence-corrected chi connectivity index (χ4v) is 2.11. The molecule has 0 bridgehead atoms. The van der Waals surface area contributed by atoms with Crippen molar-refractivity contribution in [2.45, 2.75) is 18.9 Å². The van der Waals surface area contributed by atoms with Gasteiger partial charge in [-0.05, 0) is 18.6 Å². The maximum absolute atomic E-state index is 12.3. The molecule has 1 aliphatic heterocycles. The zero-order valence-corrected chi connectivity index (χ0v) is 10.4. The van der Waals surface area contributed by atoms with E-state index in [0.717, 1.165) is 11.3 Å². The molecule has 0 fully saturated rings. The van der Waals surface area contributed by atoms with Crippen molar-refractivity contribution >= 4 is 17.6 Å². The van der Waals surface area contributed by atoms with Gasteiger partial charge in [-0.25, -0.2) is 4.79 Å². The second-order valence-corrected chi connectivity index (χ2v) is 4.48. The van der Waals surface area contributed by atoms with Crippen molar-refractivity contribution in [3.63, 3.8) is 0 Å². The lowest BCUT2D eigenvalue weighted by Crippen LogP contribution is -2.43. The van der Waals surface area contributed by atoms with E-state index < -0.39 is 12.0 Å². The molecule has 2 N–H and O–H groups in total. The van der Waals surface area contributed by atoms with Crippen LogP contribution in [0.5, 0.6) is 0 Å². The number of carbonyl (C=O) groups excluding carboxylic acids is 1. The first kappa shape index (κ1) is 12.4. The summed E-state index contributed by atoms with van der Waals surface area (Å²) in [5.41, 5.74) is 1.89. The number of nitrogens with zero attached hydrogens (tertiary/aromatic N) is 1. The number of likely N-dealkylation sites (N-methyl/N-ethyl adjacent to an activating group) is 1. The Labute approximate surface area is 105 Å². The minimum atomic E-state index is -0.995. The summed E-state index contributed by atoms with van der Waals surface area (Å²) in [4.78, 5) is 24.5. The van der Waals surface area contributed by atoms with Gasteiger partial charge < -0.3 is 15.3 Å². The Bertz CT molecular complexity index is 487. The van der Waals surface area contributed by atoms with Gasteiger partial charge in [-0.3, -0.25) is 4.79 Å². The monoisotopic (exact) mass is 248 g/mol. The molecule has 2 rings (SSSR count). The quantitative estimate of drug-likeness (QED) is 0.841. The van der Waals surface area contributed by atoms with E-state index in [4.69, 9.17) is 5.11 Å². The van der Waals surface area contributed by atoms with E-state index in [1.54, 1.807) is 0 Å². The van der Waals surface area contributed by atoms with E-state index >= 15 is 0 Å². The maximum atomic E-state index is 12.3. The lowest BCUT2D eigenvalue weighted by molar-refractivity contribution is -0.148. The molecule has 96 valence electrons. The number of amides is 1. The summed E-state index contributed by atoms with van der Waals surface area (Å²) >= 11 is 0. The molecule has 18 heavy (non-hydrogen) atoms. The maximum Gasteiger partial charge on any atom is 0.326 e. The highest BCUT2D eigenvalue weighted by Gasteiger charge is 2.33. The summed E-state index contributed by atoms with van der Waals surface area (Å²) in [6.45, 7) is 2.03. The Balaban J connectivity index is 2.19. The van der Waals surface area contributed by atoms with E-state index in [9.17, 15) is 9.59 Å². The number of fused-ring (bicyclic) bond motifs is 1. The predicted molar refractivity (Wildman–Crippen MR) is 67.5 cm³/mol. The molecule has 0 radical (unpaired) electrons. The SMILES string of the molecule is CC(C(=O)O)N(C)C(=O)C1CNc2ccccc21. The number of hydrogen-bond acceptors (Lipinski definition) is 3. The number of aliphatic carboxylic acids is 1. The fourth-order valence-electron chi connectivity index (χ4n) is 2.11. The van der Waals surface area contributed by atoms with Gasteiger partial charge in [0.15, 0.2) is 0 Å². The molecule has 0 aliphatic carbocycles. The first-order chi connectivity index (χ1) is 8.52. The van der Waals surface area contributed by atoms with Crippen LogP contribution in [0.4, 0.5) is 5.69 Å². The summed E-state index contributed by atoms with van der Waals surface area (Å²) in [6.07, 6.45) is 0. The van der Waals surface area contributed by atoms with Gasteiger partial charge in [0.1, 0.15) is 6.04 Å². The van der Waals surface area contributed by atoms with Crippen molar-refractivity contribution in [3.05, 3.63) is 29.8 Å². The molecule has 0 saturated heterocycles. The highest BCUT2D eigenvalue weighted by molar-refractivity contribution is 5.90. The van der Waals surface area contributed by atoms with Gasteiger partial charge in [0.2, 0.25) is 5.91 Å². The molecule has 1 heterocycles. The van der Waals surface area contributed by atoms with Crippen LogP contribution < -0.4 is 5.32 Å². The number of para-hydroxylation sites is 1. The van der Waals surface area contributed by atoms with Gasteiger partial charge in [-0.2, -0.15) is 0 Å². The Morgan fingerprint density at radius 1 is 1.44 bits per heavy atom. The average Bonchev–Trinajstić information content (AvgIpc) is 2.79. The van der Waals surface area contributed by atoms with E-state index in [2.05, 4.69) is 5.32 Å². The number of benzene rings is 1. The highest BCUT2D eigenvalue weighted by Crippen LogP contribution is 2.32. The summed E-state index contributed by atoms with van der Waals surface area (Å²) in [6, 6.07) is 6.79. The molecule has 1 amide bonds. The first-order valence-electron chi connectivity index (χ1n) is 5.84. The number of carboxylic acids is 1. The van der Waals surface area contributed by atoms with Gasteiger partial charge in [-0.15, -0.1) is 0 Å². The smallest absolute Gasteiger partial charge is 0.326 e. The van der Waals surface area contributed by atoms with Crippen molar-refractivity contribution < 1.29 is 14.7 Å². The molecule has 2 unspecified atom stereocenters. The van der Waals surface area contributed by atoms with Crippen molar-refractivity contribution in [3.8, 4) is 0 Å². The minimum Gasteiger partial charge on any atom is -0.480 e. The number of hydrogen-bond donors (Lipinski definition) is 2. The number of carboxylic acid groups (broad SMARTS) is 1. The minimum absolute atomic E-state index is 0.164.